The van der Waals surface area contributed by atoms with E-state index in [-0.39, 0.29) is 29.9 Å². The molecule has 1 atom stereocenters. The number of guanidine groups is 1. The third kappa shape index (κ3) is 3.10. The molecule has 16 heavy (non-hydrogen) atoms. The van der Waals surface area contributed by atoms with Crippen molar-refractivity contribution in [2.24, 2.45) is 16.5 Å². The zero-order chi connectivity index (χ0) is 10.7. The molecule has 1 aliphatic carbocycles. The van der Waals surface area contributed by atoms with E-state index >= 15 is 0 Å². The first-order valence-corrected chi connectivity index (χ1v) is 5.40. The molecule has 88 valence electrons. The third-order valence-corrected chi connectivity index (χ3v) is 2.99. The highest BCUT2D eigenvalue weighted by Crippen LogP contribution is 2.31. The first-order valence-electron chi connectivity index (χ1n) is 5.40. The van der Waals surface area contributed by atoms with E-state index in [0.29, 0.717) is 5.92 Å². The molecule has 0 aromatic heterocycles. The van der Waals surface area contributed by atoms with Crippen LogP contribution in [-0.2, 0) is 6.42 Å². The van der Waals surface area contributed by atoms with Crippen molar-refractivity contribution in [1.29, 1.82) is 0 Å². The van der Waals surface area contributed by atoms with Gasteiger partial charge in [-0.25, -0.2) is 0 Å². The van der Waals surface area contributed by atoms with E-state index in [1.165, 1.54) is 30.4 Å². The Morgan fingerprint density at radius 2 is 2.06 bits per heavy atom. The van der Waals surface area contributed by atoms with E-state index < -0.39 is 0 Å². The van der Waals surface area contributed by atoms with Gasteiger partial charge in [-0.2, -0.15) is 0 Å². The number of nitrogens with zero attached hydrogens (tertiary/aromatic N) is 1. The molecule has 0 fully saturated rings. The molecular weight excluding hydrogens is 313 g/mol. The SMILES string of the molecule is I.NC(N)=NCC1CCCc2ccccc21. The molecule has 0 saturated carbocycles. The van der Waals surface area contributed by atoms with Crippen molar-refractivity contribution in [2.45, 2.75) is 25.2 Å². The number of hydrogen-bond donors (Lipinski definition) is 2. The largest absolute Gasteiger partial charge is 0.370 e. The Bertz CT molecular complexity index is 372. The molecule has 0 bridgehead atoms. The zero-order valence-corrected chi connectivity index (χ0v) is 11.6. The quantitative estimate of drug-likeness (QED) is 0.495. The maximum atomic E-state index is 5.36. The molecule has 0 heterocycles. The number of rotatable bonds is 2. The summed E-state index contributed by atoms with van der Waals surface area (Å²) in [4.78, 5) is 4.12. The Hall–Kier alpha value is -0.780. The normalized spacial score (nSPS) is 18.1. The second-order valence-electron chi connectivity index (χ2n) is 4.05. The standard InChI is InChI=1S/C12H17N3.HI/c13-12(14)15-8-10-6-3-5-9-4-1-2-7-11(9)10;/h1-2,4,7,10H,3,5-6,8H2,(H4,13,14,15);1H. The van der Waals surface area contributed by atoms with Gasteiger partial charge in [0.05, 0.1) is 0 Å². The van der Waals surface area contributed by atoms with Crippen LogP contribution < -0.4 is 11.5 Å². The summed E-state index contributed by atoms with van der Waals surface area (Å²) in [6.07, 6.45) is 3.62. The molecule has 0 amide bonds. The van der Waals surface area contributed by atoms with Gasteiger partial charge in [-0.05, 0) is 30.4 Å². The van der Waals surface area contributed by atoms with Crippen molar-refractivity contribution in [3.8, 4) is 0 Å². The van der Waals surface area contributed by atoms with Gasteiger partial charge in [0.1, 0.15) is 0 Å². The van der Waals surface area contributed by atoms with E-state index in [1.807, 2.05) is 0 Å². The third-order valence-electron chi connectivity index (χ3n) is 2.99. The molecule has 4 heteroatoms. The molecule has 0 aliphatic heterocycles. The van der Waals surface area contributed by atoms with E-state index in [9.17, 15) is 0 Å². The summed E-state index contributed by atoms with van der Waals surface area (Å²) in [7, 11) is 0. The minimum atomic E-state index is 0. The van der Waals surface area contributed by atoms with Gasteiger partial charge in [-0.1, -0.05) is 24.3 Å². The molecule has 0 saturated heterocycles. The molecule has 0 radical (unpaired) electrons. The van der Waals surface area contributed by atoms with Gasteiger partial charge in [0, 0.05) is 12.5 Å². The second kappa shape index (κ2) is 6.08. The van der Waals surface area contributed by atoms with Crippen LogP contribution in [0.3, 0.4) is 0 Å². The Morgan fingerprint density at radius 1 is 1.31 bits per heavy atom. The molecule has 3 nitrogen and oxygen atoms in total. The van der Waals surface area contributed by atoms with Gasteiger partial charge in [0.15, 0.2) is 5.96 Å². The van der Waals surface area contributed by atoms with Gasteiger partial charge < -0.3 is 11.5 Å². The highest BCUT2D eigenvalue weighted by molar-refractivity contribution is 14.0. The average molecular weight is 331 g/mol. The summed E-state index contributed by atoms with van der Waals surface area (Å²) in [6, 6.07) is 8.59. The first kappa shape index (κ1) is 13.3. The Labute approximate surface area is 113 Å². The van der Waals surface area contributed by atoms with Crippen LogP contribution in [0.4, 0.5) is 0 Å². The predicted octanol–water partition coefficient (Wildman–Crippen LogP) is 2.00. The summed E-state index contributed by atoms with van der Waals surface area (Å²) in [6.45, 7) is 0.722. The molecule has 2 rings (SSSR count). The average Bonchev–Trinajstić information content (AvgIpc) is 2.26. The molecule has 1 aromatic rings. The maximum Gasteiger partial charge on any atom is 0.185 e. The number of hydrogen-bond acceptors (Lipinski definition) is 1. The number of halogens is 1. The number of fused-ring (bicyclic) bond motifs is 1. The number of nitrogens with two attached hydrogens (primary N) is 2. The Balaban J connectivity index is 0.00000128. The van der Waals surface area contributed by atoms with Crippen molar-refractivity contribution >= 4 is 29.9 Å². The van der Waals surface area contributed by atoms with Crippen LogP contribution in [0, 0.1) is 0 Å². The summed E-state index contributed by atoms with van der Waals surface area (Å²) < 4.78 is 0. The van der Waals surface area contributed by atoms with Crippen LogP contribution in [0.25, 0.3) is 0 Å². The van der Waals surface area contributed by atoms with Gasteiger partial charge in [0.25, 0.3) is 0 Å². The molecule has 1 aromatic carbocycles. The lowest BCUT2D eigenvalue weighted by Crippen LogP contribution is -2.24. The maximum absolute atomic E-state index is 5.36. The zero-order valence-electron chi connectivity index (χ0n) is 9.23. The minimum absolute atomic E-state index is 0. The lowest BCUT2D eigenvalue weighted by molar-refractivity contribution is 0.561. The smallest absolute Gasteiger partial charge is 0.185 e. The van der Waals surface area contributed by atoms with E-state index in [4.69, 9.17) is 11.5 Å². The highest BCUT2D eigenvalue weighted by Gasteiger charge is 2.18. The van der Waals surface area contributed by atoms with Gasteiger partial charge in [-0.3, -0.25) is 4.99 Å². The van der Waals surface area contributed by atoms with Crippen molar-refractivity contribution < 1.29 is 0 Å². The lowest BCUT2D eigenvalue weighted by Gasteiger charge is -2.23. The fourth-order valence-electron chi connectivity index (χ4n) is 2.26. The van der Waals surface area contributed by atoms with Crippen LogP contribution in [-0.4, -0.2) is 12.5 Å². The lowest BCUT2D eigenvalue weighted by atomic mass is 9.83. The van der Waals surface area contributed by atoms with Crippen LogP contribution in [0.5, 0.6) is 0 Å². The fourth-order valence-corrected chi connectivity index (χ4v) is 2.26. The van der Waals surface area contributed by atoms with E-state index in [0.717, 1.165) is 6.54 Å². The topological polar surface area (TPSA) is 64.4 Å². The number of aliphatic imine (C=N–C) groups is 1. The summed E-state index contributed by atoms with van der Waals surface area (Å²) in [5.74, 6) is 0.690. The van der Waals surface area contributed by atoms with Crippen molar-refractivity contribution in [3.05, 3.63) is 35.4 Å². The van der Waals surface area contributed by atoms with Crippen molar-refractivity contribution in [2.75, 3.05) is 6.54 Å². The van der Waals surface area contributed by atoms with E-state index in [1.54, 1.807) is 0 Å². The minimum Gasteiger partial charge on any atom is -0.370 e. The Morgan fingerprint density at radius 3 is 2.81 bits per heavy atom. The summed E-state index contributed by atoms with van der Waals surface area (Å²) in [5.41, 5.74) is 13.6. The van der Waals surface area contributed by atoms with Gasteiger partial charge in [0.2, 0.25) is 0 Å². The summed E-state index contributed by atoms with van der Waals surface area (Å²) >= 11 is 0. The predicted molar refractivity (Wildman–Crippen MR) is 78.2 cm³/mol. The second-order valence-corrected chi connectivity index (χ2v) is 4.05. The van der Waals surface area contributed by atoms with Crippen LogP contribution in [0.1, 0.15) is 29.9 Å². The molecule has 1 unspecified atom stereocenters. The van der Waals surface area contributed by atoms with Crippen LogP contribution in [0.15, 0.2) is 29.3 Å². The molecule has 0 spiro atoms. The fraction of sp³-hybridized carbons (Fsp3) is 0.417. The van der Waals surface area contributed by atoms with Gasteiger partial charge >= 0.3 is 0 Å². The first-order chi connectivity index (χ1) is 7.27. The van der Waals surface area contributed by atoms with Crippen LogP contribution >= 0.6 is 24.0 Å². The van der Waals surface area contributed by atoms with E-state index in [2.05, 4.69) is 29.3 Å². The summed E-state index contributed by atoms with van der Waals surface area (Å²) in [5, 5.41) is 0. The monoisotopic (exact) mass is 331 g/mol. The molecular formula is C12H18IN3. The van der Waals surface area contributed by atoms with Crippen molar-refractivity contribution in [3.63, 3.8) is 0 Å². The number of aryl methyl sites for hydroxylation is 1. The highest BCUT2D eigenvalue weighted by atomic mass is 127. The molecule has 4 N–H and O–H groups in total. The van der Waals surface area contributed by atoms with Crippen LogP contribution in [0.2, 0.25) is 0 Å². The molecule has 1 aliphatic rings. The van der Waals surface area contributed by atoms with Crippen molar-refractivity contribution in [1.82, 2.24) is 0 Å². The number of benzene rings is 1. The van der Waals surface area contributed by atoms with Gasteiger partial charge in [-0.15, -0.1) is 24.0 Å². The Kier molecular flexibility index (Phi) is 5.05.